The normalized spacial score (nSPS) is 23.4. The molecule has 3 aromatic rings. The molecule has 6 heteroatoms. The minimum Gasteiger partial charge on any atom is -0.378 e. The molecular weight excluding hydrogens is 352 g/mol. The third kappa shape index (κ3) is 2.80. The summed E-state index contributed by atoms with van der Waals surface area (Å²) in [5.41, 5.74) is 8.79. The van der Waals surface area contributed by atoms with Gasteiger partial charge in [-0.1, -0.05) is 26.0 Å². The Morgan fingerprint density at radius 1 is 1.25 bits per heavy atom. The number of nitrogens with one attached hydrogen (secondary N) is 1. The minimum atomic E-state index is -0.938. The predicted molar refractivity (Wildman–Crippen MR) is 110 cm³/mol. The monoisotopic (exact) mass is 378 g/mol. The van der Waals surface area contributed by atoms with Gasteiger partial charge in [0.2, 0.25) is 5.91 Å². The number of rotatable bonds is 5. The van der Waals surface area contributed by atoms with Crippen LogP contribution >= 0.6 is 0 Å². The maximum atomic E-state index is 12.9. The molecule has 1 aliphatic rings. The molecule has 4 rings (SSSR count). The first-order chi connectivity index (χ1) is 13.4. The fourth-order valence-corrected chi connectivity index (χ4v) is 3.93. The molecule has 1 amide bonds. The van der Waals surface area contributed by atoms with Crippen molar-refractivity contribution in [3.63, 3.8) is 0 Å². The van der Waals surface area contributed by atoms with Crippen LogP contribution in [-0.4, -0.2) is 33.7 Å². The molecule has 2 aromatic carbocycles. The summed E-state index contributed by atoms with van der Waals surface area (Å²) in [5.74, 6) is -0.172. The van der Waals surface area contributed by atoms with E-state index < -0.39 is 11.0 Å². The van der Waals surface area contributed by atoms with Gasteiger partial charge in [-0.25, -0.2) is 4.98 Å². The van der Waals surface area contributed by atoms with Crippen molar-refractivity contribution in [1.82, 2.24) is 9.55 Å². The number of nitrogens with two attached hydrogens (primary N) is 1. The summed E-state index contributed by atoms with van der Waals surface area (Å²) < 4.78 is 7.73. The first-order valence-corrected chi connectivity index (χ1v) is 9.61. The summed E-state index contributed by atoms with van der Waals surface area (Å²) in [6, 6.07) is 15.7. The SMILES string of the molecule is CCOC1CC(N)(C(=O)Nc2ccc(-n3cnc4ccccc43)cc2)C1(C)C. The Hall–Kier alpha value is -2.70. The lowest BCUT2D eigenvalue weighted by atomic mass is 9.54. The summed E-state index contributed by atoms with van der Waals surface area (Å²) in [6.07, 6.45) is 2.33. The van der Waals surface area contributed by atoms with Crippen molar-refractivity contribution < 1.29 is 9.53 Å². The molecule has 6 nitrogen and oxygen atoms in total. The van der Waals surface area contributed by atoms with E-state index in [1.54, 1.807) is 6.33 Å². The van der Waals surface area contributed by atoms with Gasteiger partial charge in [0.05, 0.1) is 17.1 Å². The number of para-hydroxylation sites is 2. The van der Waals surface area contributed by atoms with E-state index in [0.717, 1.165) is 22.4 Å². The number of nitrogens with zero attached hydrogens (tertiary/aromatic N) is 2. The summed E-state index contributed by atoms with van der Waals surface area (Å²) in [7, 11) is 0. The molecule has 1 saturated carbocycles. The zero-order chi connectivity index (χ0) is 19.9. The van der Waals surface area contributed by atoms with Gasteiger partial charge in [-0.2, -0.15) is 0 Å². The molecule has 1 aromatic heterocycles. The van der Waals surface area contributed by atoms with Crippen molar-refractivity contribution in [3.8, 4) is 5.69 Å². The summed E-state index contributed by atoms with van der Waals surface area (Å²) in [4.78, 5) is 17.3. The van der Waals surface area contributed by atoms with Crippen molar-refractivity contribution in [2.75, 3.05) is 11.9 Å². The van der Waals surface area contributed by atoms with Crippen LogP contribution in [0.1, 0.15) is 27.2 Å². The van der Waals surface area contributed by atoms with E-state index in [0.29, 0.717) is 13.0 Å². The number of fused-ring (bicyclic) bond motifs is 1. The molecule has 2 unspecified atom stereocenters. The molecule has 146 valence electrons. The highest BCUT2D eigenvalue weighted by Gasteiger charge is 2.62. The standard InChI is InChI=1S/C22H26N4O2/c1-4-28-19-13-22(23,21(19,2)3)20(27)25-15-9-11-16(12-10-15)26-14-24-17-7-5-6-8-18(17)26/h5-12,14,19H,4,13,23H2,1-3H3,(H,25,27). The maximum Gasteiger partial charge on any atom is 0.245 e. The Labute approximate surface area is 164 Å². The van der Waals surface area contributed by atoms with Crippen molar-refractivity contribution in [1.29, 1.82) is 0 Å². The number of aromatic nitrogens is 2. The van der Waals surface area contributed by atoms with E-state index in [2.05, 4.69) is 10.3 Å². The molecule has 0 aliphatic heterocycles. The van der Waals surface area contributed by atoms with Crippen LogP contribution in [0.2, 0.25) is 0 Å². The van der Waals surface area contributed by atoms with E-state index in [9.17, 15) is 4.79 Å². The maximum absolute atomic E-state index is 12.9. The van der Waals surface area contributed by atoms with Crippen LogP contribution in [0.5, 0.6) is 0 Å². The molecule has 1 aliphatic carbocycles. The van der Waals surface area contributed by atoms with Crippen LogP contribution in [0.3, 0.4) is 0 Å². The molecular formula is C22H26N4O2. The first-order valence-electron chi connectivity index (χ1n) is 9.61. The van der Waals surface area contributed by atoms with Gasteiger partial charge in [0.1, 0.15) is 11.9 Å². The third-order valence-electron chi connectivity index (χ3n) is 6.09. The Morgan fingerprint density at radius 3 is 2.64 bits per heavy atom. The van der Waals surface area contributed by atoms with Crippen LogP contribution in [0.15, 0.2) is 54.9 Å². The molecule has 1 heterocycles. The number of carbonyl (C=O) groups is 1. The highest BCUT2D eigenvalue weighted by Crippen LogP contribution is 2.50. The van der Waals surface area contributed by atoms with Gasteiger partial charge in [0.25, 0.3) is 0 Å². The molecule has 0 spiro atoms. The predicted octanol–water partition coefficient (Wildman–Crippen LogP) is 3.50. The number of imidazole rings is 1. The number of hydrogen-bond acceptors (Lipinski definition) is 4. The number of anilines is 1. The second kappa shape index (κ2) is 6.72. The van der Waals surface area contributed by atoms with Crippen molar-refractivity contribution in [2.24, 2.45) is 11.1 Å². The highest BCUT2D eigenvalue weighted by molar-refractivity contribution is 5.99. The Morgan fingerprint density at radius 2 is 1.96 bits per heavy atom. The number of carbonyl (C=O) groups excluding carboxylic acids is 1. The molecule has 1 fully saturated rings. The molecule has 0 radical (unpaired) electrons. The average Bonchev–Trinajstić information content (AvgIpc) is 3.12. The van der Waals surface area contributed by atoms with Gasteiger partial charge < -0.3 is 15.8 Å². The second-order valence-corrected chi connectivity index (χ2v) is 7.95. The van der Waals surface area contributed by atoms with Crippen molar-refractivity contribution in [3.05, 3.63) is 54.9 Å². The fourth-order valence-electron chi connectivity index (χ4n) is 3.93. The van der Waals surface area contributed by atoms with Crippen LogP contribution in [0, 0.1) is 5.41 Å². The first kappa shape index (κ1) is 18.7. The average molecular weight is 378 g/mol. The van der Waals surface area contributed by atoms with Crippen LogP contribution < -0.4 is 11.1 Å². The van der Waals surface area contributed by atoms with Crippen LogP contribution in [0.4, 0.5) is 5.69 Å². The van der Waals surface area contributed by atoms with Crippen LogP contribution in [-0.2, 0) is 9.53 Å². The fraction of sp³-hybridized carbons (Fsp3) is 0.364. The van der Waals surface area contributed by atoms with Gasteiger partial charge in [0, 0.05) is 29.8 Å². The lowest BCUT2D eigenvalue weighted by Crippen LogP contribution is -2.74. The molecule has 0 saturated heterocycles. The molecule has 3 N–H and O–H groups in total. The summed E-state index contributed by atoms with van der Waals surface area (Å²) >= 11 is 0. The van der Waals surface area contributed by atoms with Crippen molar-refractivity contribution in [2.45, 2.75) is 38.8 Å². The zero-order valence-electron chi connectivity index (χ0n) is 16.5. The Kier molecular flexibility index (Phi) is 4.48. The third-order valence-corrected chi connectivity index (χ3v) is 6.09. The molecule has 28 heavy (non-hydrogen) atoms. The van der Waals surface area contributed by atoms with E-state index in [1.165, 1.54) is 0 Å². The smallest absolute Gasteiger partial charge is 0.245 e. The zero-order valence-corrected chi connectivity index (χ0v) is 16.5. The molecule has 2 atom stereocenters. The quantitative estimate of drug-likeness (QED) is 0.712. The number of benzene rings is 2. The number of ether oxygens (including phenoxy) is 1. The van der Waals surface area contributed by atoms with Crippen molar-refractivity contribution >= 4 is 22.6 Å². The minimum absolute atomic E-state index is 0.00477. The summed E-state index contributed by atoms with van der Waals surface area (Å²) in [6.45, 7) is 6.56. The second-order valence-electron chi connectivity index (χ2n) is 7.95. The Bertz CT molecular complexity index is 1010. The van der Waals surface area contributed by atoms with Gasteiger partial charge in [0.15, 0.2) is 0 Å². The van der Waals surface area contributed by atoms with E-state index >= 15 is 0 Å². The number of amides is 1. The highest BCUT2D eigenvalue weighted by atomic mass is 16.5. The van der Waals surface area contributed by atoms with Gasteiger partial charge in [-0.3, -0.25) is 9.36 Å². The summed E-state index contributed by atoms with van der Waals surface area (Å²) in [5, 5.41) is 2.97. The topological polar surface area (TPSA) is 82.2 Å². The largest absolute Gasteiger partial charge is 0.378 e. The van der Waals surface area contributed by atoms with E-state index in [1.807, 2.05) is 73.9 Å². The Balaban J connectivity index is 1.50. The van der Waals surface area contributed by atoms with Gasteiger partial charge >= 0.3 is 0 Å². The van der Waals surface area contributed by atoms with Gasteiger partial charge in [-0.15, -0.1) is 0 Å². The van der Waals surface area contributed by atoms with E-state index in [4.69, 9.17) is 10.5 Å². The lowest BCUT2D eigenvalue weighted by molar-refractivity contribution is -0.166. The van der Waals surface area contributed by atoms with Gasteiger partial charge in [-0.05, 0) is 43.3 Å². The molecule has 0 bridgehead atoms. The van der Waals surface area contributed by atoms with Crippen LogP contribution in [0.25, 0.3) is 16.7 Å². The number of hydrogen-bond donors (Lipinski definition) is 2. The lowest BCUT2D eigenvalue weighted by Gasteiger charge is -2.57. The van der Waals surface area contributed by atoms with E-state index in [-0.39, 0.29) is 12.0 Å².